The molecule has 0 unspecified atom stereocenters. The molecule has 0 saturated carbocycles. The van der Waals surface area contributed by atoms with Crippen LogP contribution in [0.4, 0.5) is 22.7 Å². The molecule has 212 valence electrons. The molecule has 0 aliphatic carbocycles. The zero-order valence-electron chi connectivity index (χ0n) is 22.0. The first-order chi connectivity index (χ1) is 19.4. The second kappa shape index (κ2) is 11.8. The maximum atomic E-state index is 13.6. The molecule has 41 heavy (non-hydrogen) atoms. The summed E-state index contributed by atoms with van der Waals surface area (Å²) in [6.45, 7) is 3.09. The SMILES string of the molecule is Cc1ccc(NS(=O)(=O)c2ccc(NC(=O)CN(c3ccccc3)S(=O)(=O)c3ccccc3[N+](=O)[O-])cc2)cc1C. The van der Waals surface area contributed by atoms with Crippen LogP contribution in [0, 0.1) is 24.0 Å². The molecule has 4 aromatic rings. The van der Waals surface area contributed by atoms with E-state index in [0.717, 1.165) is 27.6 Å². The van der Waals surface area contributed by atoms with Crippen LogP contribution < -0.4 is 14.3 Å². The number of nitrogens with one attached hydrogen (secondary N) is 2. The molecule has 0 aliphatic heterocycles. The predicted molar refractivity (Wildman–Crippen MR) is 156 cm³/mol. The highest BCUT2D eigenvalue weighted by Gasteiger charge is 2.33. The van der Waals surface area contributed by atoms with Gasteiger partial charge >= 0.3 is 0 Å². The lowest BCUT2D eigenvalue weighted by atomic mass is 10.1. The summed E-state index contributed by atoms with van der Waals surface area (Å²) in [5, 5.41) is 14.1. The first-order valence-corrected chi connectivity index (χ1v) is 15.1. The molecular weight excluding hydrogens is 568 g/mol. The predicted octanol–water partition coefficient (Wildman–Crippen LogP) is 4.85. The third kappa shape index (κ3) is 6.70. The molecule has 0 spiro atoms. The normalized spacial score (nSPS) is 11.5. The fourth-order valence-electron chi connectivity index (χ4n) is 3.92. The third-order valence-corrected chi connectivity index (χ3v) is 9.39. The number of carbonyl (C=O) groups excluding carboxylic acids is 1. The van der Waals surface area contributed by atoms with Crippen LogP contribution in [-0.2, 0) is 24.8 Å². The molecule has 0 radical (unpaired) electrons. The van der Waals surface area contributed by atoms with Gasteiger partial charge in [-0.15, -0.1) is 0 Å². The monoisotopic (exact) mass is 594 g/mol. The van der Waals surface area contributed by atoms with Crippen molar-refractivity contribution in [2.75, 3.05) is 20.9 Å². The summed E-state index contributed by atoms with van der Waals surface area (Å²) in [6, 6.07) is 23.1. The highest BCUT2D eigenvalue weighted by atomic mass is 32.2. The van der Waals surface area contributed by atoms with Crippen LogP contribution in [0.2, 0.25) is 0 Å². The van der Waals surface area contributed by atoms with Crippen LogP contribution >= 0.6 is 0 Å². The Morgan fingerprint density at radius 2 is 1.41 bits per heavy atom. The molecule has 0 bridgehead atoms. The van der Waals surface area contributed by atoms with Gasteiger partial charge in [0.15, 0.2) is 4.90 Å². The number of para-hydroxylation sites is 2. The number of amides is 1. The summed E-state index contributed by atoms with van der Waals surface area (Å²) in [6.07, 6.45) is 0. The van der Waals surface area contributed by atoms with E-state index in [1.807, 2.05) is 13.8 Å². The third-order valence-electron chi connectivity index (χ3n) is 6.17. The Labute approximate surface area is 237 Å². The van der Waals surface area contributed by atoms with Gasteiger partial charge in [-0.1, -0.05) is 36.4 Å². The van der Waals surface area contributed by atoms with E-state index in [4.69, 9.17) is 0 Å². The Morgan fingerprint density at radius 3 is 2.05 bits per heavy atom. The number of benzene rings is 4. The van der Waals surface area contributed by atoms with Crippen molar-refractivity contribution in [1.29, 1.82) is 0 Å². The molecule has 0 aliphatic rings. The van der Waals surface area contributed by atoms with Crippen molar-refractivity contribution >= 4 is 48.7 Å². The van der Waals surface area contributed by atoms with Gasteiger partial charge in [0, 0.05) is 17.4 Å². The molecule has 0 heterocycles. The van der Waals surface area contributed by atoms with E-state index in [-0.39, 0.29) is 16.3 Å². The van der Waals surface area contributed by atoms with Gasteiger partial charge in [0.05, 0.1) is 15.5 Å². The molecule has 2 N–H and O–H groups in total. The van der Waals surface area contributed by atoms with Crippen molar-refractivity contribution in [3.8, 4) is 0 Å². The van der Waals surface area contributed by atoms with Crippen molar-refractivity contribution in [2.24, 2.45) is 0 Å². The number of aryl methyl sites for hydroxylation is 2. The van der Waals surface area contributed by atoms with Crippen LogP contribution in [0.5, 0.6) is 0 Å². The average Bonchev–Trinajstić information content (AvgIpc) is 2.94. The lowest BCUT2D eigenvalue weighted by Gasteiger charge is -2.24. The van der Waals surface area contributed by atoms with E-state index in [2.05, 4.69) is 10.0 Å². The van der Waals surface area contributed by atoms with Gasteiger partial charge in [-0.05, 0) is 79.6 Å². The Balaban J connectivity index is 1.55. The lowest BCUT2D eigenvalue weighted by Crippen LogP contribution is -2.38. The molecule has 13 heteroatoms. The number of nitro benzene ring substituents is 1. The van der Waals surface area contributed by atoms with Gasteiger partial charge < -0.3 is 5.32 Å². The highest BCUT2D eigenvalue weighted by Crippen LogP contribution is 2.30. The fourth-order valence-corrected chi connectivity index (χ4v) is 6.55. The summed E-state index contributed by atoms with van der Waals surface area (Å²) in [4.78, 5) is 23.1. The standard InChI is InChI=1S/C28H26N4O7S2/c1-20-12-13-23(18-21(20)2)30-40(36,37)25-16-14-22(15-17-25)29-28(33)19-31(24-8-4-3-5-9-24)41(38,39)27-11-7-6-10-26(27)32(34)35/h3-18,30H,19H2,1-2H3,(H,29,33). The topological polar surface area (TPSA) is 156 Å². The Morgan fingerprint density at radius 1 is 0.805 bits per heavy atom. The molecule has 0 aromatic heterocycles. The van der Waals surface area contributed by atoms with E-state index in [1.165, 1.54) is 48.5 Å². The van der Waals surface area contributed by atoms with Crippen LogP contribution in [0.1, 0.15) is 11.1 Å². The van der Waals surface area contributed by atoms with Crippen molar-refractivity contribution in [2.45, 2.75) is 23.6 Å². The van der Waals surface area contributed by atoms with Crippen LogP contribution in [0.25, 0.3) is 0 Å². The molecule has 1 amide bonds. The van der Waals surface area contributed by atoms with Gasteiger partial charge in [0.1, 0.15) is 6.54 Å². The van der Waals surface area contributed by atoms with Crippen molar-refractivity contribution in [3.63, 3.8) is 0 Å². The van der Waals surface area contributed by atoms with E-state index < -0.39 is 48.0 Å². The van der Waals surface area contributed by atoms with Gasteiger partial charge in [0.2, 0.25) is 5.91 Å². The highest BCUT2D eigenvalue weighted by molar-refractivity contribution is 7.93. The van der Waals surface area contributed by atoms with Gasteiger partial charge in [-0.3, -0.25) is 23.9 Å². The second-order valence-corrected chi connectivity index (χ2v) is 12.6. The van der Waals surface area contributed by atoms with Crippen LogP contribution in [0.3, 0.4) is 0 Å². The minimum atomic E-state index is -4.54. The lowest BCUT2D eigenvalue weighted by molar-refractivity contribution is -0.387. The number of carbonyl (C=O) groups is 1. The van der Waals surface area contributed by atoms with E-state index in [9.17, 15) is 31.7 Å². The molecule has 0 atom stereocenters. The molecule has 11 nitrogen and oxygen atoms in total. The molecule has 4 aromatic carbocycles. The van der Waals surface area contributed by atoms with Gasteiger partial charge in [-0.2, -0.15) is 0 Å². The van der Waals surface area contributed by atoms with Crippen molar-refractivity contribution in [3.05, 3.63) is 118 Å². The summed E-state index contributed by atoms with van der Waals surface area (Å²) < 4.78 is 56.1. The van der Waals surface area contributed by atoms with Crippen molar-refractivity contribution < 1.29 is 26.6 Å². The van der Waals surface area contributed by atoms with Gasteiger partial charge in [0.25, 0.3) is 25.7 Å². The number of hydrogen-bond acceptors (Lipinski definition) is 7. The van der Waals surface area contributed by atoms with Crippen LogP contribution in [0.15, 0.2) is 107 Å². The molecule has 0 saturated heterocycles. The Hall–Kier alpha value is -4.75. The van der Waals surface area contributed by atoms with E-state index >= 15 is 0 Å². The number of anilines is 3. The quantitative estimate of drug-likeness (QED) is 0.196. The summed E-state index contributed by atoms with van der Waals surface area (Å²) in [5.74, 6) is -0.750. The van der Waals surface area contributed by atoms with Gasteiger partial charge in [-0.25, -0.2) is 16.8 Å². The molecule has 0 fully saturated rings. The summed E-state index contributed by atoms with van der Waals surface area (Å²) in [5.41, 5.74) is 2.08. The first-order valence-electron chi connectivity index (χ1n) is 12.2. The number of rotatable bonds is 10. The number of sulfonamides is 2. The summed E-state index contributed by atoms with van der Waals surface area (Å²) in [7, 11) is -8.45. The minimum Gasteiger partial charge on any atom is -0.325 e. The Kier molecular flexibility index (Phi) is 8.40. The Bertz CT molecular complexity index is 1810. The minimum absolute atomic E-state index is 0.0430. The molecule has 4 rings (SSSR count). The fraction of sp³-hybridized carbons (Fsp3) is 0.107. The smallest absolute Gasteiger partial charge is 0.289 e. The number of nitro groups is 1. The average molecular weight is 595 g/mol. The largest absolute Gasteiger partial charge is 0.325 e. The number of hydrogen-bond donors (Lipinski definition) is 2. The maximum Gasteiger partial charge on any atom is 0.289 e. The van der Waals surface area contributed by atoms with E-state index in [0.29, 0.717) is 5.69 Å². The second-order valence-electron chi connectivity index (χ2n) is 9.05. The zero-order valence-corrected chi connectivity index (χ0v) is 23.6. The zero-order chi connectivity index (χ0) is 29.8. The van der Waals surface area contributed by atoms with Crippen molar-refractivity contribution in [1.82, 2.24) is 0 Å². The first kappa shape index (κ1) is 29.2. The number of nitrogens with zero attached hydrogens (tertiary/aromatic N) is 2. The maximum absolute atomic E-state index is 13.6. The summed E-state index contributed by atoms with van der Waals surface area (Å²) >= 11 is 0. The van der Waals surface area contributed by atoms with E-state index in [1.54, 1.807) is 36.4 Å². The van der Waals surface area contributed by atoms with Crippen LogP contribution in [-0.4, -0.2) is 34.2 Å². The molecular formula is C28H26N4O7S2.